The third-order valence-corrected chi connectivity index (χ3v) is 2.00. The summed E-state index contributed by atoms with van der Waals surface area (Å²) < 4.78 is 89.6. The van der Waals surface area contributed by atoms with E-state index >= 15 is 0 Å². The van der Waals surface area contributed by atoms with Crippen LogP contribution in [0.15, 0.2) is 0 Å². The molecule has 9 heteroatoms. The van der Waals surface area contributed by atoms with Crippen LogP contribution in [0.3, 0.4) is 0 Å². The summed E-state index contributed by atoms with van der Waals surface area (Å²) in [5.41, 5.74) is 0. The molecular weight excluding hydrogens is 257 g/mol. The average Bonchev–Trinajstić information content (AvgIpc) is 2.15. The first-order valence-corrected chi connectivity index (χ1v) is 3.94. The van der Waals surface area contributed by atoms with Gasteiger partial charge in [-0.2, -0.15) is 17.6 Å². The minimum Gasteiger partial charge on any atom is -0.343 e. The molecule has 0 fully saturated rings. The second kappa shape index (κ2) is 4.32. The van der Waals surface area contributed by atoms with Gasteiger partial charge in [0.1, 0.15) is 0 Å². The van der Waals surface area contributed by atoms with Gasteiger partial charge in [0, 0.05) is 7.11 Å². The van der Waals surface area contributed by atoms with Gasteiger partial charge in [0.25, 0.3) is 5.85 Å². The van der Waals surface area contributed by atoms with E-state index in [0.717, 1.165) is 0 Å². The molecule has 0 aliphatic carbocycles. The van der Waals surface area contributed by atoms with Crippen molar-refractivity contribution >= 4 is 11.6 Å². The molecule has 0 rings (SSSR count). The van der Waals surface area contributed by atoms with Crippen LogP contribution in [0.2, 0.25) is 0 Å². The normalized spacial score (nSPS) is 18.0. The highest BCUT2D eigenvalue weighted by Gasteiger charge is 2.74. The fourth-order valence-corrected chi connectivity index (χ4v) is 0.930. The summed E-state index contributed by atoms with van der Waals surface area (Å²) in [5.74, 6) is -17.7. The molecule has 0 N–H and O–H groups in total. The van der Waals surface area contributed by atoms with Gasteiger partial charge in [-0.15, -0.1) is 11.6 Å². The summed E-state index contributed by atoms with van der Waals surface area (Å²) in [4.78, 5) is 0. The molecule has 0 aliphatic rings. The van der Waals surface area contributed by atoms with Crippen molar-refractivity contribution in [2.24, 2.45) is 0 Å². The van der Waals surface area contributed by atoms with Gasteiger partial charge in [-0.05, 0) is 0 Å². The van der Waals surface area contributed by atoms with Crippen LogP contribution in [0.1, 0.15) is 0 Å². The zero-order valence-electron chi connectivity index (χ0n) is 7.22. The third kappa shape index (κ3) is 2.15. The van der Waals surface area contributed by atoms with E-state index in [0.29, 0.717) is 7.11 Å². The molecule has 1 unspecified atom stereocenters. The van der Waals surface area contributed by atoms with E-state index in [4.69, 9.17) is 0 Å². The average molecular weight is 263 g/mol. The van der Waals surface area contributed by atoms with E-state index in [-0.39, 0.29) is 0 Å². The number of rotatable bonds is 5. The second-order valence-corrected chi connectivity index (χ2v) is 2.83. The maximum absolute atomic E-state index is 13.0. The topological polar surface area (TPSA) is 9.23 Å². The van der Waals surface area contributed by atoms with Crippen molar-refractivity contribution in [3.63, 3.8) is 0 Å². The van der Waals surface area contributed by atoms with Crippen molar-refractivity contribution in [3.8, 4) is 0 Å². The lowest BCUT2D eigenvalue weighted by Gasteiger charge is -2.34. The van der Waals surface area contributed by atoms with Crippen LogP contribution in [0, 0.1) is 0 Å². The molecule has 92 valence electrons. The molecule has 0 aliphatic heterocycles. The lowest BCUT2D eigenvalue weighted by molar-refractivity contribution is -0.356. The molecule has 0 radical (unpaired) electrons. The van der Waals surface area contributed by atoms with Crippen LogP contribution in [0.4, 0.5) is 30.7 Å². The van der Waals surface area contributed by atoms with Gasteiger partial charge in [-0.1, -0.05) is 0 Å². The molecule has 15 heavy (non-hydrogen) atoms. The smallest absolute Gasteiger partial charge is 0.343 e. The van der Waals surface area contributed by atoms with E-state index < -0.39 is 30.0 Å². The zero-order valence-corrected chi connectivity index (χ0v) is 7.97. The summed E-state index contributed by atoms with van der Waals surface area (Å²) in [6.07, 6.45) is -4.74. The zero-order chi connectivity index (χ0) is 12.5. The number of alkyl halides is 8. The highest BCUT2D eigenvalue weighted by atomic mass is 35.5. The predicted molar refractivity (Wildman–Crippen MR) is 37.5 cm³/mol. The molecule has 0 amide bonds. The fourth-order valence-electron chi connectivity index (χ4n) is 0.653. The Balaban J connectivity index is 5.28. The minimum absolute atomic E-state index is 0.317. The monoisotopic (exact) mass is 262 g/mol. The highest BCUT2D eigenvalue weighted by molar-refractivity contribution is 6.18. The van der Waals surface area contributed by atoms with Gasteiger partial charge in [0.05, 0.1) is 5.88 Å². The molecule has 0 bridgehead atoms. The van der Waals surface area contributed by atoms with Crippen LogP contribution in [0.25, 0.3) is 0 Å². The first kappa shape index (κ1) is 14.8. The SMILES string of the molecule is COC(F)(CCl)C(F)(F)C(F)(F)C(F)F. The largest absolute Gasteiger partial charge is 0.375 e. The summed E-state index contributed by atoms with van der Waals surface area (Å²) >= 11 is 4.65. The highest BCUT2D eigenvalue weighted by Crippen LogP contribution is 2.48. The number of ether oxygens (including phenoxy) is 1. The van der Waals surface area contributed by atoms with Crippen molar-refractivity contribution in [3.05, 3.63) is 0 Å². The molecule has 0 aromatic carbocycles. The standard InChI is InChI=1S/C6H6ClF7O/c1-15-4(10,2-7)6(13,14)5(11,12)3(8)9/h3H,2H2,1H3. The maximum atomic E-state index is 13.0. The second-order valence-electron chi connectivity index (χ2n) is 2.56. The van der Waals surface area contributed by atoms with Crippen LogP contribution in [-0.4, -0.2) is 37.1 Å². The van der Waals surface area contributed by atoms with Crippen molar-refractivity contribution in [1.82, 2.24) is 0 Å². The van der Waals surface area contributed by atoms with Crippen molar-refractivity contribution in [2.75, 3.05) is 13.0 Å². The van der Waals surface area contributed by atoms with Crippen LogP contribution in [-0.2, 0) is 4.74 Å². The van der Waals surface area contributed by atoms with E-state index in [2.05, 4.69) is 16.3 Å². The molecule has 0 heterocycles. The van der Waals surface area contributed by atoms with Crippen LogP contribution >= 0.6 is 11.6 Å². The van der Waals surface area contributed by atoms with Gasteiger partial charge in [-0.3, -0.25) is 0 Å². The van der Waals surface area contributed by atoms with Gasteiger partial charge < -0.3 is 4.74 Å². The Kier molecular flexibility index (Phi) is 4.26. The Morgan fingerprint density at radius 3 is 1.73 bits per heavy atom. The Hall–Kier alpha value is -0.240. The first-order chi connectivity index (χ1) is 6.56. The molecule has 0 saturated carbocycles. The van der Waals surface area contributed by atoms with E-state index in [1.54, 1.807) is 0 Å². The summed E-state index contributed by atoms with van der Waals surface area (Å²) in [6.45, 7) is 0. The number of hydrogen-bond acceptors (Lipinski definition) is 1. The number of methoxy groups -OCH3 is 1. The number of hydrogen-bond donors (Lipinski definition) is 0. The molecule has 1 nitrogen and oxygen atoms in total. The van der Waals surface area contributed by atoms with Crippen molar-refractivity contribution < 1.29 is 35.5 Å². The molecule has 0 saturated heterocycles. The fraction of sp³-hybridized carbons (Fsp3) is 1.00. The van der Waals surface area contributed by atoms with E-state index in [1.807, 2.05) is 0 Å². The predicted octanol–water partition coefficient (Wildman–Crippen LogP) is 3.07. The summed E-state index contributed by atoms with van der Waals surface area (Å²) in [6, 6.07) is 0. The van der Waals surface area contributed by atoms with E-state index in [9.17, 15) is 30.7 Å². The molecule has 0 aromatic rings. The molecule has 1 atom stereocenters. The minimum atomic E-state index is -5.87. The summed E-state index contributed by atoms with van der Waals surface area (Å²) in [5, 5.41) is 0. The molecule has 0 spiro atoms. The van der Waals surface area contributed by atoms with Crippen molar-refractivity contribution in [2.45, 2.75) is 24.1 Å². The lowest BCUT2D eigenvalue weighted by Crippen LogP contribution is -2.61. The maximum Gasteiger partial charge on any atom is 0.375 e. The van der Waals surface area contributed by atoms with E-state index in [1.165, 1.54) is 0 Å². The third-order valence-electron chi connectivity index (χ3n) is 1.66. The van der Waals surface area contributed by atoms with Gasteiger partial charge >= 0.3 is 18.3 Å². The van der Waals surface area contributed by atoms with Gasteiger partial charge in [-0.25, -0.2) is 13.2 Å². The Morgan fingerprint density at radius 2 is 1.53 bits per heavy atom. The number of halogens is 8. The van der Waals surface area contributed by atoms with Crippen LogP contribution < -0.4 is 0 Å². The molecular formula is C6H6ClF7O. The van der Waals surface area contributed by atoms with Gasteiger partial charge in [0.2, 0.25) is 0 Å². The van der Waals surface area contributed by atoms with Crippen molar-refractivity contribution in [1.29, 1.82) is 0 Å². The summed E-state index contributed by atoms with van der Waals surface area (Å²) in [7, 11) is 0.317. The quantitative estimate of drug-likeness (QED) is 0.546. The molecule has 0 aromatic heterocycles. The Morgan fingerprint density at radius 1 is 1.13 bits per heavy atom. The Labute approximate surface area is 85.1 Å². The van der Waals surface area contributed by atoms with Gasteiger partial charge in [0.15, 0.2) is 0 Å². The lowest BCUT2D eigenvalue weighted by atomic mass is 10.1. The Bertz CT molecular complexity index is 209. The van der Waals surface area contributed by atoms with Crippen LogP contribution in [0.5, 0.6) is 0 Å². The first-order valence-electron chi connectivity index (χ1n) is 3.40.